The van der Waals surface area contributed by atoms with E-state index in [0.29, 0.717) is 17.9 Å². The Morgan fingerprint density at radius 1 is 1.29 bits per heavy atom. The monoisotopic (exact) mass is 269 g/mol. The molecule has 0 aromatic carbocycles. The fraction of sp³-hybridized carbons (Fsp3) is 0.615. The minimum absolute atomic E-state index is 0.458. The van der Waals surface area contributed by atoms with Crippen LogP contribution in [-0.2, 0) is 11.3 Å². The molecule has 2 fully saturated rings. The summed E-state index contributed by atoms with van der Waals surface area (Å²) in [5.74, 6) is 0.458. The number of hydrogen-bond donors (Lipinski definition) is 0. The SMILES string of the molecule is O=C1CC2CCCC(C1)N2Cc1ccc(Cl)s1. The Morgan fingerprint density at radius 3 is 2.59 bits per heavy atom. The predicted molar refractivity (Wildman–Crippen MR) is 70.5 cm³/mol. The van der Waals surface area contributed by atoms with Gasteiger partial charge in [-0.15, -0.1) is 11.3 Å². The van der Waals surface area contributed by atoms with E-state index in [2.05, 4.69) is 11.0 Å². The van der Waals surface area contributed by atoms with Gasteiger partial charge < -0.3 is 0 Å². The lowest BCUT2D eigenvalue weighted by Gasteiger charge is -2.45. The lowest BCUT2D eigenvalue weighted by atomic mass is 9.84. The second-order valence-corrected chi connectivity index (χ2v) is 6.86. The molecule has 2 aliphatic heterocycles. The molecule has 2 unspecified atom stereocenters. The summed E-state index contributed by atoms with van der Waals surface area (Å²) in [6.07, 6.45) is 5.16. The van der Waals surface area contributed by atoms with Gasteiger partial charge in [-0.2, -0.15) is 0 Å². The standard InChI is InChI=1S/C13H16ClNOS/c14-13-5-4-12(17-13)8-15-9-2-1-3-10(15)7-11(16)6-9/h4-5,9-10H,1-3,6-8H2. The summed E-state index contributed by atoms with van der Waals surface area (Å²) < 4.78 is 0.859. The van der Waals surface area contributed by atoms with Crippen molar-refractivity contribution in [3.63, 3.8) is 0 Å². The molecule has 0 spiro atoms. The van der Waals surface area contributed by atoms with E-state index >= 15 is 0 Å². The van der Waals surface area contributed by atoms with Gasteiger partial charge in [0.1, 0.15) is 5.78 Å². The number of carbonyl (C=O) groups excluding carboxylic acids is 1. The maximum absolute atomic E-state index is 11.6. The van der Waals surface area contributed by atoms with Crippen molar-refractivity contribution in [2.75, 3.05) is 0 Å². The van der Waals surface area contributed by atoms with Crippen LogP contribution in [0.4, 0.5) is 0 Å². The van der Waals surface area contributed by atoms with Crippen LogP contribution >= 0.6 is 22.9 Å². The van der Waals surface area contributed by atoms with E-state index in [4.69, 9.17) is 11.6 Å². The van der Waals surface area contributed by atoms with Gasteiger partial charge in [0.2, 0.25) is 0 Å². The lowest BCUT2D eigenvalue weighted by Crippen LogP contribution is -2.51. The van der Waals surface area contributed by atoms with Gasteiger partial charge in [0.15, 0.2) is 0 Å². The van der Waals surface area contributed by atoms with Crippen LogP contribution < -0.4 is 0 Å². The normalized spacial score (nSPS) is 29.6. The Balaban J connectivity index is 1.76. The molecule has 17 heavy (non-hydrogen) atoms. The fourth-order valence-electron chi connectivity index (χ4n) is 3.14. The van der Waals surface area contributed by atoms with Crippen molar-refractivity contribution in [1.82, 2.24) is 4.90 Å². The van der Waals surface area contributed by atoms with Gasteiger partial charge in [0.25, 0.3) is 0 Å². The predicted octanol–water partition coefficient (Wildman–Crippen LogP) is 3.49. The molecule has 2 saturated heterocycles. The molecule has 3 heterocycles. The second kappa shape index (κ2) is 4.71. The van der Waals surface area contributed by atoms with Crippen LogP contribution in [-0.4, -0.2) is 22.8 Å². The van der Waals surface area contributed by atoms with Crippen molar-refractivity contribution in [3.05, 3.63) is 21.3 Å². The van der Waals surface area contributed by atoms with Gasteiger partial charge in [0.05, 0.1) is 4.34 Å². The van der Waals surface area contributed by atoms with Crippen LogP contribution in [0.25, 0.3) is 0 Å². The van der Waals surface area contributed by atoms with Crippen molar-refractivity contribution >= 4 is 28.7 Å². The summed E-state index contributed by atoms with van der Waals surface area (Å²) in [5.41, 5.74) is 0. The van der Waals surface area contributed by atoms with Gasteiger partial charge in [-0.3, -0.25) is 9.69 Å². The summed E-state index contributed by atoms with van der Waals surface area (Å²) in [4.78, 5) is 15.5. The maximum Gasteiger partial charge on any atom is 0.136 e. The Hall–Kier alpha value is -0.380. The molecule has 2 bridgehead atoms. The highest BCUT2D eigenvalue weighted by Crippen LogP contribution is 2.34. The number of fused-ring (bicyclic) bond motifs is 2. The van der Waals surface area contributed by atoms with Crippen LogP contribution in [0, 0.1) is 0 Å². The number of Topliss-reactive ketones (excluding diaryl/α,β-unsaturated/α-hetero) is 1. The van der Waals surface area contributed by atoms with Crippen molar-refractivity contribution in [2.45, 2.75) is 50.7 Å². The molecular formula is C13H16ClNOS. The van der Waals surface area contributed by atoms with Crippen LogP contribution in [0.1, 0.15) is 37.0 Å². The Labute approximate surface area is 111 Å². The smallest absolute Gasteiger partial charge is 0.136 e. The summed E-state index contributed by atoms with van der Waals surface area (Å²) in [6, 6.07) is 5.04. The first-order valence-corrected chi connectivity index (χ1v) is 7.43. The molecule has 0 amide bonds. The third kappa shape index (κ3) is 2.42. The Kier molecular flexibility index (Phi) is 3.24. The highest BCUT2D eigenvalue weighted by atomic mass is 35.5. The Bertz CT molecular complexity index is 415. The molecule has 92 valence electrons. The summed E-state index contributed by atoms with van der Waals surface area (Å²) in [5, 5.41) is 0. The van der Waals surface area contributed by atoms with E-state index in [-0.39, 0.29) is 0 Å². The average Bonchev–Trinajstić information content (AvgIpc) is 2.65. The van der Waals surface area contributed by atoms with Gasteiger partial charge in [-0.05, 0) is 25.0 Å². The number of thiophene rings is 1. The molecule has 3 rings (SSSR count). The maximum atomic E-state index is 11.6. The fourth-order valence-corrected chi connectivity index (χ4v) is 4.24. The van der Waals surface area contributed by atoms with Crippen molar-refractivity contribution in [2.24, 2.45) is 0 Å². The molecule has 0 saturated carbocycles. The quantitative estimate of drug-likeness (QED) is 0.819. The molecule has 2 atom stereocenters. The van der Waals surface area contributed by atoms with Gasteiger partial charge >= 0.3 is 0 Å². The van der Waals surface area contributed by atoms with Crippen molar-refractivity contribution < 1.29 is 4.79 Å². The van der Waals surface area contributed by atoms with E-state index in [1.807, 2.05) is 6.07 Å². The van der Waals surface area contributed by atoms with E-state index < -0.39 is 0 Å². The van der Waals surface area contributed by atoms with E-state index in [0.717, 1.165) is 23.7 Å². The first-order chi connectivity index (χ1) is 8.22. The number of nitrogens with zero attached hydrogens (tertiary/aromatic N) is 1. The molecule has 0 radical (unpaired) electrons. The number of ketones is 1. The summed E-state index contributed by atoms with van der Waals surface area (Å²) >= 11 is 7.63. The van der Waals surface area contributed by atoms with Crippen LogP contribution in [0.3, 0.4) is 0 Å². The largest absolute Gasteiger partial charge is 0.300 e. The highest BCUT2D eigenvalue weighted by Gasteiger charge is 2.37. The lowest BCUT2D eigenvalue weighted by molar-refractivity contribution is -0.127. The van der Waals surface area contributed by atoms with Crippen LogP contribution in [0.5, 0.6) is 0 Å². The van der Waals surface area contributed by atoms with E-state index in [9.17, 15) is 4.79 Å². The molecule has 4 heteroatoms. The molecular weight excluding hydrogens is 254 g/mol. The molecule has 2 aliphatic rings. The number of rotatable bonds is 2. The molecule has 0 aliphatic carbocycles. The number of piperidine rings is 2. The molecule has 1 aromatic rings. The Morgan fingerprint density at radius 2 is 2.00 bits per heavy atom. The number of hydrogen-bond acceptors (Lipinski definition) is 3. The third-order valence-electron chi connectivity index (χ3n) is 3.91. The highest BCUT2D eigenvalue weighted by molar-refractivity contribution is 7.16. The topological polar surface area (TPSA) is 20.3 Å². The molecule has 1 aromatic heterocycles. The zero-order chi connectivity index (χ0) is 11.8. The number of carbonyl (C=O) groups is 1. The van der Waals surface area contributed by atoms with Gasteiger partial charge in [-0.1, -0.05) is 18.0 Å². The summed E-state index contributed by atoms with van der Waals surface area (Å²) in [6.45, 7) is 0.972. The first kappa shape index (κ1) is 11.7. The third-order valence-corrected chi connectivity index (χ3v) is 5.12. The van der Waals surface area contributed by atoms with Crippen molar-refractivity contribution in [3.8, 4) is 0 Å². The van der Waals surface area contributed by atoms with Crippen molar-refractivity contribution in [1.29, 1.82) is 0 Å². The van der Waals surface area contributed by atoms with Gasteiger partial charge in [0, 0.05) is 36.3 Å². The first-order valence-electron chi connectivity index (χ1n) is 6.24. The van der Waals surface area contributed by atoms with E-state index in [1.54, 1.807) is 11.3 Å². The average molecular weight is 270 g/mol. The minimum atomic E-state index is 0.458. The molecule has 0 N–H and O–H groups in total. The van der Waals surface area contributed by atoms with Gasteiger partial charge in [-0.25, -0.2) is 0 Å². The minimum Gasteiger partial charge on any atom is -0.300 e. The van der Waals surface area contributed by atoms with Crippen LogP contribution in [0.15, 0.2) is 12.1 Å². The summed E-state index contributed by atoms with van der Waals surface area (Å²) in [7, 11) is 0. The second-order valence-electron chi connectivity index (χ2n) is 5.06. The van der Waals surface area contributed by atoms with Crippen LogP contribution in [0.2, 0.25) is 4.34 Å². The zero-order valence-electron chi connectivity index (χ0n) is 9.69. The number of halogens is 1. The zero-order valence-corrected chi connectivity index (χ0v) is 11.3. The molecule has 2 nitrogen and oxygen atoms in total. The van der Waals surface area contributed by atoms with E-state index in [1.165, 1.54) is 24.1 Å².